The van der Waals surface area contributed by atoms with Gasteiger partial charge in [0.1, 0.15) is 0 Å². The standard InChI is InChI=1S/C14H25N3O/c1-14(2)6-5-12(13(14)18)10-16(3)8-11-7-15-17(4)9-11/h7,9,12-13,18H,5-6,8,10H2,1-4H3. The van der Waals surface area contributed by atoms with E-state index < -0.39 is 0 Å². The van der Waals surface area contributed by atoms with Crippen LogP contribution in [0, 0.1) is 11.3 Å². The van der Waals surface area contributed by atoms with E-state index in [2.05, 4.69) is 30.9 Å². The minimum atomic E-state index is -0.172. The molecule has 2 rings (SSSR count). The zero-order valence-electron chi connectivity index (χ0n) is 11.9. The molecule has 1 aromatic rings. The van der Waals surface area contributed by atoms with Gasteiger partial charge in [-0.1, -0.05) is 13.8 Å². The van der Waals surface area contributed by atoms with Gasteiger partial charge in [0.15, 0.2) is 0 Å². The summed E-state index contributed by atoms with van der Waals surface area (Å²) in [4.78, 5) is 2.28. The van der Waals surface area contributed by atoms with Crippen LogP contribution >= 0.6 is 0 Å². The van der Waals surface area contributed by atoms with Crippen molar-refractivity contribution in [2.45, 2.75) is 39.3 Å². The number of aliphatic hydroxyl groups excluding tert-OH is 1. The SMILES string of the molecule is CN(Cc1cnn(C)c1)CC1CCC(C)(C)C1O. The Morgan fingerprint density at radius 3 is 2.78 bits per heavy atom. The fourth-order valence-electron chi connectivity index (χ4n) is 3.02. The summed E-state index contributed by atoms with van der Waals surface area (Å²) in [6, 6.07) is 0. The highest BCUT2D eigenvalue weighted by Gasteiger charge is 2.40. The van der Waals surface area contributed by atoms with Gasteiger partial charge >= 0.3 is 0 Å². The number of nitrogens with zero attached hydrogens (tertiary/aromatic N) is 3. The van der Waals surface area contributed by atoms with Gasteiger partial charge in [0.25, 0.3) is 0 Å². The van der Waals surface area contributed by atoms with Crippen molar-refractivity contribution in [2.24, 2.45) is 18.4 Å². The van der Waals surface area contributed by atoms with Gasteiger partial charge in [-0.05, 0) is 31.2 Å². The summed E-state index contributed by atoms with van der Waals surface area (Å²) in [7, 11) is 4.05. The second-order valence-electron chi connectivity index (χ2n) is 6.45. The molecule has 2 atom stereocenters. The summed E-state index contributed by atoms with van der Waals surface area (Å²) in [6.45, 7) is 6.19. The average molecular weight is 251 g/mol. The number of aromatic nitrogens is 2. The van der Waals surface area contributed by atoms with Crippen LogP contribution in [0.25, 0.3) is 0 Å². The molecule has 2 unspecified atom stereocenters. The number of rotatable bonds is 4. The van der Waals surface area contributed by atoms with Crippen molar-refractivity contribution in [1.29, 1.82) is 0 Å². The van der Waals surface area contributed by atoms with Crippen LogP contribution in [0.1, 0.15) is 32.3 Å². The summed E-state index contributed by atoms with van der Waals surface area (Å²) < 4.78 is 1.83. The van der Waals surface area contributed by atoms with Crippen LogP contribution in [0.15, 0.2) is 12.4 Å². The molecule has 1 aliphatic carbocycles. The Bertz CT molecular complexity index is 399. The van der Waals surface area contributed by atoms with Gasteiger partial charge in [-0.25, -0.2) is 0 Å². The molecule has 0 bridgehead atoms. The van der Waals surface area contributed by atoms with E-state index in [0.717, 1.165) is 25.9 Å². The van der Waals surface area contributed by atoms with E-state index in [9.17, 15) is 5.11 Å². The van der Waals surface area contributed by atoms with Crippen LogP contribution in [-0.2, 0) is 13.6 Å². The summed E-state index contributed by atoms with van der Waals surface area (Å²) in [5.74, 6) is 0.404. The first-order chi connectivity index (χ1) is 8.38. The molecular weight excluding hydrogens is 226 g/mol. The molecule has 1 N–H and O–H groups in total. The Labute approximate surface area is 110 Å². The second kappa shape index (κ2) is 5.02. The third kappa shape index (κ3) is 2.93. The van der Waals surface area contributed by atoms with Gasteiger partial charge in [-0.2, -0.15) is 5.10 Å². The zero-order valence-corrected chi connectivity index (χ0v) is 11.9. The number of hydrogen-bond donors (Lipinski definition) is 1. The van der Waals surface area contributed by atoms with Crippen molar-refractivity contribution in [1.82, 2.24) is 14.7 Å². The van der Waals surface area contributed by atoms with Crippen LogP contribution in [0.5, 0.6) is 0 Å². The lowest BCUT2D eigenvalue weighted by atomic mass is 9.87. The van der Waals surface area contributed by atoms with Crippen molar-refractivity contribution in [3.63, 3.8) is 0 Å². The monoisotopic (exact) mass is 251 g/mol. The molecule has 18 heavy (non-hydrogen) atoms. The van der Waals surface area contributed by atoms with Crippen molar-refractivity contribution < 1.29 is 5.11 Å². The molecule has 0 spiro atoms. The molecule has 4 nitrogen and oxygen atoms in total. The highest BCUT2D eigenvalue weighted by molar-refractivity contribution is 5.03. The van der Waals surface area contributed by atoms with E-state index >= 15 is 0 Å². The van der Waals surface area contributed by atoms with Gasteiger partial charge in [-0.3, -0.25) is 4.68 Å². The van der Waals surface area contributed by atoms with Crippen molar-refractivity contribution >= 4 is 0 Å². The second-order valence-corrected chi connectivity index (χ2v) is 6.45. The van der Waals surface area contributed by atoms with Gasteiger partial charge < -0.3 is 10.0 Å². The minimum absolute atomic E-state index is 0.0831. The molecular formula is C14H25N3O. The Hall–Kier alpha value is -0.870. The predicted octanol–water partition coefficient (Wildman–Crippen LogP) is 1.65. The number of aryl methyl sites for hydroxylation is 1. The summed E-state index contributed by atoms with van der Waals surface area (Å²) in [5, 5.41) is 14.5. The maximum absolute atomic E-state index is 10.3. The predicted molar refractivity (Wildman–Crippen MR) is 72.1 cm³/mol. The lowest BCUT2D eigenvalue weighted by Gasteiger charge is -2.28. The highest BCUT2D eigenvalue weighted by Crippen LogP contribution is 2.41. The van der Waals surface area contributed by atoms with E-state index in [0.29, 0.717) is 5.92 Å². The molecule has 4 heteroatoms. The van der Waals surface area contributed by atoms with E-state index in [1.165, 1.54) is 5.56 Å². The Morgan fingerprint density at radius 2 is 2.28 bits per heavy atom. The van der Waals surface area contributed by atoms with Crippen LogP contribution in [0.3, 0.4) is 0 Å². The first-order valence-corrected chi connectivity index (χ1v) is 6.72. The van der Waals surface area contributed by atoms with Gasteiger partial charge in [0, 0.05) is 31.9 Å². The summed E-state index contributed by atoms with van der Waals surface area (Å²) in [5.41, 5.74) is 1.31. The fraction of sp³-hybridized carbons (Fsp3) is 0.786. The van der Waals surface area contributed by atoms with E-state index in [4.69, 9.17) is 0 Å². The molecule has 0 aromatic carbocycles. The molecule has 0 aliphatic heterocycles. The first kappa shape index (κ1) is 13.6. The van der Waals surface area contributed by atoms with E-state index in [1.54, 1.807) is 0 Å². The van der Waals surface area contributed by atoms with Crippen molar-refractivity contribution in [2.75, 3.05) is 13.6 Å². The lowest BCUT2D eigenvalue weighted by Crippen LogP contribution is -2.34. The smallest absolute Gasteiger partial charge is 0.0631 e. The normalized spacial score (nSPS) is 27.0. The lowest BCUT2D eigenvalue weighted by molar-refractivity contribution is 0.0348. The molecule has 102 valence electrons. The molecule has 0 saturated heterocycles. The largest absolute Gasteiger partial charge is 0.392 e. The summed E-state index contributed by atoms with van der Waals surface area (Å²) in [6.07, 6.45) is 6.04. The molecule has 0 radical (unpaired) electrons. The van der Waals surface area contributed by atoms with E-state index in [1.807, 2.05) is 24.1 Å². The Morgan fingerprint density at radius 1 is 1.56 bits per heavy atom. The Kier molecular flexibility index (Phi) is 3.78. The molecule has 1 aromatic heterocycles. The van der Waals surface area contributed by atoms with Crippen LogP contribution in [0.4, 0.5) is 0 Å². The number of aliphatic hydroxyl groups is 1. The molecule has 1 aliphatic rings. The molecule has 1 fully saturated rings. The third-order valence-corrected chi connectivity index (χ3v) is 4.16. The van der Waals surface area contributed by atoms with Crippen LogP contribution in [0.2, 0.25) is 0 Å². The van der Waals surface area contributed by atoms with Crippen LogP contribution < -0.4 is 0 Å². The fourth-order valence-corrected chi connectivity index (χ4v) is 3.02. The molecule has 1 saturated carbocycles. The Balaban J connectivity index is 1.87. The first-order valence-electron chi connectivity index (χ1n) is 6.72. The van der Waals surface area contributed by atoms with Crippen molar-refractivity contribution in [3.05, 3.63) is 18.0 Å². The van der Waals surface area contributed by atoms with E-state index in [-0.39, 0.29) is 11.5 Å². The average Bonchev–Trinajstić information content (AvgIpc) is 2.78. The van der Waals surface area contributed by atoms with Crippen LogP contribution in [-0.4, -0.2) is 39.5 Å². The summed E-state index contributed by atoms with van der Waals surface area (Å²) >= 11 is 0. The topological polar surface area (TPSA) is 41.3 Å². The van der Waals surface area contributed by atoms with Gasteiger partial charge in [0.2, 0.25) is 0 Å². The zero-order chi connectivity index (χ0) is 13.3. The molecule has 0 amide bonds. The highest BCUT2D eigenvalue weighted by atomic mass is 16.3. The van der Waals surface area contributed by atoms with Gasteiger partial charge in [-0.15, -0.1) is 0 Å². The van der Waals surface area contributed by atoms with Gasteiger partial charge in [0.05, 0.1) is 12.3 Å². The molecule has 1 heterocycles. The third-order valence-electron chi connectivity index (χ3n) is 4.16. The maximum atomic E-state index is 10.3. The van der Waals surface area contributed by atoms with Crippen molar-refractivity contribution in [3.8, 4) is 0 Å². The quantitative estimate of drug-likeness (QED) is 0.884. The maximum Gasteiger partial charge on any atom is 0.0631 e. The minimum Gasteiger partial charge on any atom is -0.392 e. The number of hydrogen-bond acceptors (Lipinski definition) is 3.